The van der Waals surface area contributed by atoms with Crippen molar-refractivity contribution in [2.24, 2.45) is 0 Å². The summed E-state index contributed by atoms with van der Waals surface area (Å²) < 4.78 is 1.87. The zero-order chi connectivity index (χ0) is 12.3. The molecule has 2 N–H and O–H groups in total. The SMILES string of the molecule is CNC(CCn1nc(C)c(C)c1C)C(=O)O. The van der Waals surface area contributed by atoms with E-state index < -0.39 is 12.0 Å². The van der Waals surface area contributed by atoms with Gasteiger partial charge < -0.3 is 10.4 Å². The second kappa shape index (κ2) is 5.12. The smallest absolute Gasteiger partial charge is 0.320 e. The number of nitrogens with zero attached hydrogens (tertiary/aromatic N) is 2. The minimum atomic E-state index is -0.819. The van der Waals surface area contributed by atoms with Crippen molar-refractivity contribution in [2.45, 2.75) is 39.8 Å². The van der Waals surface area contributed by atoms with Crippen LogP contribution in [0.15, 0.2) is 0 Å². The number of carbonyl (C=O) groups is 1. The van der Waals surface area contributed by atoms with Crippen LogP contribution in [0.25, 0.3) is 0 Å². The van der Waals surface area contributed by atoms with Crippen LogP contribution < -0.4 is 5.32 Å². The second-order valence-corrected chi connectivity index (χ2v) is 3.99. The lowest BCUT2D eigenvalue weighted by Crippen LogP contribution is -2.34. The number of hydrogen-bond acceptors (Lipinski definition) is 3. The van der Waals surface area contributed by atoms with Gasteiger partial charge in [-0.15, -0.1) is 0 Å². The number of aryl methyl sites for hydroxylation is 2. The molecule has 0 spiro atoms. The standard InChI is InChI=1S/C11H19N3O2/c1-7-8(2)13-14(9(7)3)6-5-10(12-4)11(15)16/h10,12H,5-6H2,1-4H3,(H,15,16). The van der Waals surface area contributed by atoms with E-state index >= 15 is 0 Å². The zero-order valence-electron chi connectivity index (χ0n) is 10.2. The van der Waals surface area contributed by atoms with Crippen LogP contribution in [-0.2, 0) is 11.3 Å². The zero-order valence-corrected chi connectivity index (χ0v) is 10.2. The summed E-state index contributed by atoms with van der Waals surface area (Å²) in [7, 11) is 1.66. The van der Waals surface area contributed by atoms with Gasteiger partial charge in [0.25, 0.3) is 0 Å². The van der Waals surface area contributed by atoms with E-state index in [2.05, 4.69) is 10.4 Å². The maximum atomic E-state index is 10.8. The molecule has 0 aromatic carbocycles. The minimum absolute atomic E-state index is 0.510. The van der Waals surface area contributed by atoms with Crippen LogP contribution in [0.2, 0.25) is 0 Å². The molecule has 16 heavy (non-hydrogen) atoms. The van der Waals surface area contributed by atoms with Crippen molar-refractivity contribution in [3.63, 3.8) is 0 Å². The molecular weight excluding hydrogens is 206 g/mol. The lowest BCUT2D eigenvalue weighted by atomic mass is 10.2. The van der Waals surface area contributed by atoms with Crippen molar-refractivity contribution in [1.82, 2.24) is 15.1 Å². The first-order valence-corrected chi connectivity index (χ1v) is 5.38. The van der Waals surface area contributed by atoms with Crippen molar-refractivity contribution in [2.75, 3.05) is 7.05 Å². The Kier molecular flexibility index (Phi) is 4.06. The molecule has 5 heteroatoms. The average molecular weight is 225 g/mol. The summed E-state index contributed by atoms with van der Waals surface area (Å²) in [6.07, 6.45) is 0.535. The Balaban J connectivity index is 2.67. The Morgan fingerprint density at radius 2 is 2.12 bits per heavy atom. The minimum Gasteiger partial charge on any atom is -0.480 e. The van der Waals surface area contributed by atoms with E-state index in [9.17, 15) is 4.79 Å². The van der Waals surface area contributed by atoms with Crippen molar-refractivity contribution >= 4 is 5.97 Å². The third-order valence-electron chi connectivity index (χ3n) is 3.02. The summed E-state index contributed by atoms with van der Waals surface area (Å²) >= 11 is 0. The van der Waals surface area contributed by atoms with Crippen molar-refractivity contribution in [1.29, 1.82) is 0 Å². The Morgan fingerprint density at radius 1 is 1.50 bits per heavy atom. The van der Waals surface area contributed by atoms with Gasteiger partial charge in [0.1, 0.15) is 6.04 Å². The molecule has 0 aliphatic heterocycles. The number of hydrogen-bond donors (Lipinski definition) is 2. The number of likely N-dealkylation sites (N-methyl/N-ethyl adjacent to an activating group) is 1. The van der Waals surface area contributed by atoms with Gasteiger partial charge in [0.15, 0.2) is 0 Å². The van der Waals surface area contributed by atoms with E-state index in [-0.39, 0.29) is 0 Å². The Morgan fingerprint density at radius 3 is 2.50 bits per heavy atom. The molecule has 1 atom stereocenters. The quantitative estimate of drug-likeness (QED) is 0.780. The summed E-state index contributed by atoms with van der Waals surface area (Å²) in [6, 6.07) is -0.510. The molecule has 1 aromatic rings. The molecule has 1 unspecified atom stereocenters. The number of carboxylic acids is 1. The second-order valence-electron chi connectivity index (χ2n) is 3.99. The first-order valence-electron chi connectivity index (χ1n) is 5.38. The van der Waals surface area contributed by atoms with Gasteiger partial charge in [0, 0.05) is 12.2 Å². The first-order chi connectivity index (χ1) is 7.47. The highest BCUT2D eigenvalue weighted by atomic mass is 16.4. The van der Waals surface area contributed by atoms with Crippen molar-refractivity contribution in [3.05, 3.63) is 17.0 Å². The van der Waals surface area contributed by atoms with Crippen LogP contribution in [0.5, 0.6) is 0 Å². The highest BCUT2D eigenvalue weighted by molar-refractivity contribution is 5.73. The van der Waals surface area contributed by atoms with Crippen LogP contribution in [0.3, 0.4) is 0 Å². The van der Waals surface area contributed by atoms with Gasteiger partial charge in [-0.1, -0.05) is 0 Å². The molecule has 0 saturated heterocycles. The van der Waals surface area contributed by atoms with Gasteiger partial charge >= 0.3 is 5.97 Å². The summed E-state index contributed by atoms with van der Waals surface area (Å²) in [4.78, 5) is 10.8. The van der Waals surface area contributed by atoms with Crippen molar-refractivity contribution in [3.8, 4) is 0 Å². The number of aromatic nitrogens is 2. The predicted octanol–water partition coefficient (Wildman–Crippen LogP) is 0.871. The van der Waals surface area contributed by atoms with E-state index in [1.807, 2.05) is 25.5 Å². The van der Waals surface area contributed by atoms with Crippen LogP contribution in [0, 0.1) is 20.8 Å². The maximum absolute atomic E-state index is 10.8. The fourth-order valence-electron chi connectivity index (χ4n) is 1.65. The highest BCUT2D eigenvalue weighted by Gasteiger charge is 2.15. The van der Waals surface area contributed by atoms with Gasteiger partial charge in [-0.2, -0.15) is 5.10 Å². The maximum Gasteiger partial charge on any atom is 0.320 e. The molecule has 0 radical (unpaired) electrons. The van der Waals surface area contributed by atoms with Crippen LogP contribution in [0.1, 0.15) is 23.4 Å². The molecule has 0 fully saturated rings. The molecule has 0 bridgehead atoms. The highest BCUT2D eigenvalue weighted by Crippen LogP contribution is 2.11. The summed E-state index contributed by atoms with van der Waals surface area (Å²) in [5, 5.41) is 16.0. The third kappa shape index (κ3) is 2.61. The van der Waals surface area contributed by atoms with E-state index in [0.717, 1.165) is 11.4 Å². The largest absolute Gasteiger partial charge is 0.480 e. The van der Waals surface area contributed by atoms with Gasteiger partial charge in [0.05, 0.1) is 5.69 Å². The molecule has 1 rings (SSSR count). The van der Waals surface area contributed by atoms with Crippen LogP contribution in [0.4, 0.5) is 0 Å². The third-order valence-corrected chi connectivity index (χ3v) is 3.02. The predicted molar refractivity (Wildman–Crippen MR) is 61.5 cm³/mol. The molecule has 0 aliphatic rings. The molecule has 0 saturated carbocycles. The normalized spacial score (nSPS) is 12.8. The first kappa shape index (κ1) is 12.7. The molecule has 5 nitrogen and oxygen atoms in total. The summed E-state index contributed by atoms with van der Waals surface area (Å²) in [6.45, 7) is 6.62. The van der Waals surface area contributed by atoms with Crippen molar-refractivity contribution < 1.29 is 9.90 Å². The van der Waals surface area contributed by atoms with Crippen LogP contribution in [-0.4, -0.2) is 33.9 Å². The number of rotatable bonds is 5. The monoisotopic (exact) mass is 225 g/mol. The lowest BCUT2D eigenvalue weighted by molar-refractivity contribution is -0.139. The fraction of sp³-hybridized carbons (Fsp3) is 0.636. The molecule has 90 valence electrons. The topological polar surface area (TPSA) is 67.2 Å². The number of nitrogens with one attached hydrogen (secondary N) is 1. The van der Waals surface area contributed by atoms with Gasteiger partial charge in [0.2, 0.25) is 0 Å². The molecule has 0 aliphatic carbocycles. The number of aliphatic carboxylic acids is 1. The molecular formula is C11H19N3O2. The molecule has 0 amide bonds. The Labute approximate surface area is 95.5 Å². The van der Waals surface area contributed by atoms with E-state index in [0.29, 0.717) is 13.0 Å². The van der Waals surface area contributed by atoms with Crippen LogP contribution >= 0.6 is 0 Å². The average Bonchev–Trinajstić information content (AvgIpc) is 2.47. The Bertz CT molecular complexity index is 385. The Hall–Kier alpha value is -1.36. The lowest BCUT2D eigenvalue weighted by Gasteiger charge is -2.11. The van der Waals surface area contributed by atoms with Gasteiger partial charge in [-0.3, -0.25) is 9.48 Å². The van der Waals surface area contributed by atoms with E-state index in [4.69, 9.17) is 5.11 Å². The van der Waals surface area contributed by atoms with E-state index in [1.54, 1.807) is 7.05 Å². The molecule has 1 heterocycles. The number of carboxylic acid groups (broad SMARTS) is 1. The summed E-state index contributed by atoms with van der Waals surface area (Å²) in [5.41, 5.74) is 3.29. The summed E-state index contributed by atoms with van der Waals surface area (Å²) in [5.74, 6) is -0.819. The van der Waals surface area contributed by atoms with E-state index in [1.165, 1.54) is 5.56 Å². The fourth-order valence-corrected chi connectivity index (χ4v) is 1.65. The molecule has 1 aromatic heterocycles. The van der Waals surface area contributed by atoms with Gasteiger partial charge in [-0.05, 0) is 39.8 Å². The van der Waals surface area contributed by atoms with Gasteiger partial charge in [-0.25, -0.2) is 0 Å².